The second-order valence-corrected chi connectivity index (χ2v) is 5.59. The van der Waals surface area contributed by atoms with Crippen molar-refractivity contribution in [1.29, 1.82) is 0 Å². The van der Waals surface area contributed by atoms with Crippen molar-refractivity contribution < 1.29 is 0 Å². The first-order valence-corrected chi connectivity index (χ1v) is 8.09. The third kappa shape index (κ3) is 3.08. The molecule has 6 heteroatoms. The molecule has 0 unspecified atom stereocenters. The SMILES string of the molecule is O=c1c2ccccc2nc(N/N=C\c2cccnc2)n1-c1ccccc1. The predicted molar refractivity (Wildman–Crippen MR) is 103 cm³/mol. The van der Waals surface area contributed by atoms with Crippen LogP contribution in [0, 0.1) is 0 Å². The molecule has 2 aromatic carbocycles. The number of fused-ring (bicyclic) bond motifs is 1. The number of nitrogens with one attached hydrogen (secondary N) is 1. The maximum atomic E-state index is 13.0. The number of pyridine rings is 1. The van der Waals surface area contributed by atoms with Gasteiger partial charge in [0, 0.05) is 18.0 Å². The number of benzene rings is 2. The van der Waals surface area contributed by atoms with Crippen LogP contribution in [0.3, 0.4) is 0 Å². The molecule has 0 saturated carbocycles. The summed E-state index contributed by atoms with van der Waals surface area (Å²) < 4.78 is 1.52. The van der Waals surface area contributed by atoms with Gasteiger partial charge >= 0.3 is 0 Å². The van der Waals surface area contributed by atoms with Crippen LogP contribution in [0.2, 0.25) is 0 Å². The van der Waals surface area contributed by atoms with E-state index in [0.29, 0.717) is 16.9 Å². The summed E-state index contributed by atoms with van der Waals surface area (Å²) in [7, 11) is 0. The Morgan fingerprint density at radius 2 is 1.77 bits per heavy atom. The van der Waals surface area contributed by atoms with E-state index in [-0.39, 0.29) is 5.56 Å². The lowest BCUT2D eigenvalue weighted by molar-refractivity contribution is 0.956. The molecule has 0 aliphatic heterocycles. The van der Waals surface area contributed by atoms with Crippen LogP contribution < -0.4 is 11.0 Å². The van der Waals surface area contributed by atoms with Gasteiger partial charge in [-0.1, -0.05) is 36.4 Å². The molecule has 2 heterocycles. The van der Waals surface area contributed by atoms with Crippen LogP contribution in [-0.2, 0) is 0 Å². The number of rotatable bonds is 4. The molecule has 4 rings (SSSR count). The zero-order valence-corrected chi connectivity index (χ0v) is 13.8. The summed E-state index contributed by atoms with van der Waals surface area (Å²) in [6, 6.07) is 20.3. The van der Waals surface area contributed by atoms with E-state index in [4.69, 9.17) is 0 Å². The Hall–Kier alpha value is -3.80. The van der Waals surface area contributed by atoms with Gasteiger partial charge in [-0.05, 0) is 30.3 Å². The molecular formula is C20H15N5O. The normalized spacial score (nSPS) is 11.1. The van der Waals surface area contributed by atoms with Gasteiger partial charge in [0.1, 0.15) is 0 Å². The summed E-state index contributed by atoms with van der Waals surface area (Å²) in [5.41, 5.74) is 4.91. The van der Waals surface area contributed by atoms with Crippen LogP contribution >= 0.6 is 0 Å². The monoisotopic (exact) mass is 341 g/mol. The van der Waals surface area contributed by atoms with Crippen LogP contribution in [0.1, 0.15) is 5.56 Å². The molecule has 4 aromatic rings. The number of hydrazone groups is 1. The first-order chi connectivity index (χ1) is 12.8. The second kappa shape index (κ2) is 6.98. The minimum Gasteiger partial charge on any atom is -0.268 e. The first kappa shape index (κ1) is 15.7. The Morgan fingerprint density at radius 1 is 0.962 bits per heavy atom. The third-order valence-electron chi connectivity index (χ3n) is 3.85. The molecule has 0 spiro atoms. The van der Waals surface area contributed by atoms with Gasteiger partial charge in [0.2, 0.25) is 5.95 Å². The molecule has 126 valence electrons. The zero-order valence-electron chi connectivity index (χ0n) is 13.8. The highest BCUT2D eigenvalue weighted by atomic mass is 16.1. The number of aromatic nitrogens is 3. The van der Waals surface area contributed by atoms with Crippen LogP contribution in [0.15, 0.2) is 89.0 Å². The van der Waals surface area contributed by atoms with Crippen molar-refractivity contribution in [1.82, 2.24) is 14.5 Å². The fourth-order valence-corrected chi connectivity index (χ4v) is 2.64. The van der Waals surface area contributed by atoms with Crippen LogP contribution in [0.25, 0.3) is 16.6 Å². The summed E-state index contributed by atoms with van der Waals surface area (Å²) in [6.45, 7) is 0. The van der Waals surface area contributed by atoms with Crippen molar-refractivity contribution in [3.63, 3.8) is 0 Å². The first-order valence-electron chi connectivity index (χ1n) is 8.09. The standard InChI is InChI=1S/C20H15N5O/c26-19-17-10-4-5-11-18(17)23-20(25(19)16-8-2-1-3-9-16)24-22-14-15-7-6-12-21-13-15/h1-14H,(H,23,24)/b22-14-. The predicted octanol–water partition coefficient (Wildman–Crippen LogP) is 3.23. The van der Waals surface area contributed by atoms with Gasteiger partial charge in [0.25, 0.3) is 5.56 Å². The molecule has 26 heavy (non-hydrogen) atoms. The topological polar surface area (TPSA) is 72.2 Å². The number of para-hydroxylation sites is 2. The van der Waals surface area contributed by atoms with Crippen molar-refractivity contribution in [2.75, 3.05) is 5.43 Å². The highest BCUT2D eigenvalue weighted by Crippen LogP contribution is 2.16. The van der Waals surface area contributed by atoms with Crippen LogP contribution in [0.5, 0.6) is 0 Å². The Labute approximate surface area is 149 Å². The molecule has 0 amide bonds. The van der Waals surface area contributed by atoms with Gasteiger partial charge in [0.05, 0.1) is 22.8 Å². The maximum Gasteiger partial charge on any atom is 0.267 e. The highest BCUT2D eigenvalue weighted by molar-refractivity contribution is 5.81. The Morgan fingerprint density at radius 3 is 2.58 bits per heavy atom. The van der Waals surface area contributed by atoms with Crippen molar-refractivity contribution in [2.45, 2.75) is 0 Å². The Kier molecular flexibility index (Phi) is 4.22. The van der Waals surface area contributed by atoms with E-state index in [9.17, 15) is 4.79 Å². The number of nitrogens with zero attached hydrogens (tertiary/aromatic N) is 4. The number of hydrogen-bond donors (Lipinski definition) is 1. The van der Waals surface area contributed by atoms with Crippen molar-refractivity contribution in [3.8, 4) is 5.69 Å². The molecule has 0 saturated heterocycles. The molecule has 1 N–H and O–H groups in total. The summed E-state index contributed by atoms with van der Waals surface area (Å²) >= 11 is 0. The van der Waals surface area contributed by atoms with E-state index in [1.807, 2.05) is 60.7 Å². The minimum absolute atomic E-state index is 0.152. The third-order valence-corrected chi connectivity index (χ3v) is 3.85. The van der Waals surface area contributed by atoms with E-state index in [1.54, 1.807) is 24.7 Å². The van der Waals surface area contributed by atoms with E-state index in [1.165, 1.54) is 4.57 Å². The van der Waals surface area contributed by atoms with Crippen molar-refractivity contribution >= 4 is 23.1 Å². The van der Waals surface area contributed by atoms with E-state index >= 15 is 0 Å². The molecule has 6 nitrogen and oxygen atoms in total. The fraction of sp³-hybridized carbons (Fsp3) is 0. The van der Waals surface area contributed by atoms with E-state index in [2.05, 4.69) is 20.5 Å². The smallest absolute Gasteiger partial charge is 0.267 e. The maximum absolute atomic E-state index is 13.0. The lowest BCUT2D eigenvalue weighted by Crippen LogP contribution is -2.22. The molecule has 0 aliphatic carbocycles. The number of hydrogen-bond acceptors (Lipinski definition) is 5. The van der Waals surface area contributed by atoms with Crippen LogP contribution in [-0.4, -0.2) is 20.7 Å². The Bertz CT molecular complexity index is 1120. The summed E-state index contributed by atoms with van der Waals surface area (Å²) in [4.78, 5) is 21.6. The molecule has 0 atom stereocenters. The van der Waals surface area contributed by atoms with Crippen LogP contribution in [0.4, 0.5) is 5.95 Å². The fourth-order valence-electron chi connectivity index (χ4n) is 2.64. The molecule has 0 fully saturated rings. The van der Waals surface area contributed by atoms with Gasteiger partial charge < -0.3 is 0 Å². The van der Waals surface area contributed by atoms with E-state index < -0.39 is 0 Å². The second-order valence-electron chi connectivity index (χ2n) is 5.59. The lowest BCUT2D eigenvalue weighted by Gasteiger charge is -2.12. The molecule has 0 aliphatic rings. The van der Waals surface area contributed by atoms with Crippen molar-refractivity contribution in [2.24, 2.45) is 5.10 Å². The molecule has 0 bridgehead atoms. The Balaban J connectivity index is 1.82. The zero-order chi connectivity index (χ0) is 17.8. The van der Waals surface area contributed by atoms with Gasteiger partial charge in [-0.25, -0.2) is 15.0 Å². The van der Waals surface area contributed by atoms with Gasteiger partial charge in [-0.3, -0.25) is 9.78 Å². The summed E-state index contributed by atoms with van der Waals surface area (Å²) in [6.07, 6.45) is 5.02. The van der Waals surface area contributed by atoms with Gasteiger partial charge in [-0.2, -0.15) is 5.10 Å². The summed E-state index contributed by atoms with van der Waals surface area (Å²) in [5, 5.41) is 4.76. The van der Waals surface area contributed by atoms with Crippen molar-refractivity contribution in [3.05, 3.63) is 95.0 Å². The minimum atomic E-state index is -0.152. The molecule has 0 radical (unpaired) electrons. The average molecular weight is 341 g/mol. The average Bonchev–Trinajstić information content (AvgIpc) is 2.70. The quantitative estimate of drug-likeness (QED) is 0.457. The number of anilines is 1. The molecule has 2 aromatic heterocycles. The van der Waals surface area contributed by atoms with E-state index in [0.717, 1.165) is 11.3 Å². The molecular weight excluding hydrogens is 326 g/mol. The largest absolute Gasteiger partial charge is 0.268 e. The highest BCUT2D eigenvalue weighted by Gasteiger charge is 2.11. The summed E-state index contributed by atoms with van der Waals surface area (Å²) in [5.74, 6) is 0.347. The van der Waals surface area contributed by atoms with Gasteiger partial charge in [0.15, 0.2) is 0 Å². The van der Waals surface area contributed by atoms with Gasteiger partial charge in [-0.15, -0.1) is 0 Å². The lowest BCUT2D eigenvalue weighted by atomic mass is 10.2.